The Labute approximate surface area is 103 Å². The fourth-order valence-electron chi connectivity index (χ4n) is 0.723. The van der Waals surface area contributed by atoms with Crippen molar-refractivity contribution < 1.29 is 0 Å². The minimum Gasteiger partial charge on any atom is -0.103 e. The molecule has 1 aromatic carbocycles. The Kier molecular flexibility index (Phi) is 24.3. The lowest BCUT2D eigenvalue weighted by Crippen LogP contribution is -1.72. The van der Waals surface area contributed by atoms with Crippen LogP contribution in [0.2, 0.25) is 0 Å². The van der Waals surface area contributed by atoms with Crippen molar-refractivity contribution in [1.29, 1.82) is 0 Å². The third-order valence-electron chi connectivity index (χ3n) is 1.27. The summed E-state index contributed by atoms with van der Waals surface area (Å²) in [5.41, 5.74) is 2.34. The normalized spacial score (nSPS) is 6.62. The first kappa shape index (κ1) is 20.2. The summed E-state index contributed by atoms with van der Waals surface area (Å²) in [5, 5.41) is 0. The largest absolute Gasteiger partial charge is 0.103 e. The Bertz CT molecular complexity index is 231. The van der Waals surface area contributed by atoms with Gasteiger partial charge in [0.15, 0.2) is 0 Å². The first-order valence-corrected chi connectivity index (χ1v) is 6.00. The molecule has 0 heterocycles. The second-order valence-corrected chi connectivity index (χ2v) is 2.55. The number of hydrogen-bond acceptors (Lipinski definition) is 0. The maximum absolute atomic E-state index is 3.83. The van der Waals surface area contributed by atoms with Gasteiger partial charge in [0.05, 0.1) is 0 Å². The maximum Gasteiger partial charge on any atom is -0.0233 e. The molecule has 0 radical (unpaired) electrons. The number of hydrogen-bond donors (Lipinski definition) is 0. The lowest BCUT2D eigenvalue weighted by atomic mass is 10.1. The Balaban J connectivity index is -0.000000206. The van der Waals surface area contributed by atoms with Crippen molar-refractivity contribution in [3.8, 4) is 0 Å². The average Bonchev–Trinajstić information content (AvgIpc) is 2.36. The van der Waals surface area contributed by atoms with Crippen LogP contribution in [0.4, 0.5) is 0 Å². The van der Waals surface area contributed by atoms with Crippen LogP contribution in [0, 0.1) is 0 Å². The molecule has 0 saturated heterocycles. The van der Waals surface area contributed by atoms with Gasteiger partial charge in [0.25, 0.3) is 0 Å². The first-order valence-electron chi connectivity index (χ1n) is 6.00. The Morgan fingerprint density at radius 1 is 1.00 bits per heavy atom. The molecule has 0 nitrogen and oxygen atoms in total. The highest BCUT2D eigenvalue weighted by Crippen LogP contribution is 2.08. The van der Waals surface area contributed by atoms with E-state index in [4.69, 9.17) is 0 Å². The average molecular weight is 220 g/mol. The fraction of sp³-hybridized carbons (Fsp3) is 0.375. The minimum absolute atomic E-state index is 1.12. The number of benzene rings is 1. The summed E-state index contributed by atoms with van der Waals surface area (Å²) in [6, 6.07) is 10.2. The van der Waals surface area contributed by atoms with Gasteiger partial charge in [-0.05, 0) is 19.4 Å². The van der Waals surface area contributed by atoms with Crippen LogP contribution in [-0.4, -0.2) is 0 Å². The highest BCUT2D eigenvalue weighted by molar-refractivity contribution is 5.60. The molecule has 0 unspecified atom stereocenters. The number of rotatable bonds is 1. The van der Waals surface area contributed by atoms with Crippen LogP contribution in [0.15, 0.2) is 49.6 Å². The van der Waals surface area contributed by atoms with Crippen molar-refractivity contribution in [2.45, 2.75) is 41.5 Å². The molecule has 0 N–H and O–H groups in total. The Morgan fingerprint density at radius 3 is 1.50 bits per heavy atom. The molecule has 0 aromatic heterocycles. The van der Waals surface area contributed by atoms with E-state index in [1.54, 1.807) is 6.08 Å². The zero-order valence-electron chi connectivity index (χ0n) is 11.9. The smallest absolute Gasteiger partial charge is 0.0233 e. The van der Waals surface area contributed by atoms with Crippen LogP contribution < -0.4 is 0 Å². The molecular formula is C16H28. The SMILES string of the molecule is C=C(C)c1ccccc1.C=CC.CC.CC. The van der Waals surface area contributed by atoms with E-state index in [2.05, 4.69) is 25.3 Å². The van der Waals surface area contributed by atoms with Gasteiger partial charge < -0.3 is 0 Å². The van der Waals surface area contributed by atoms with Crippen LogP contribution in [0.3, 0.4) is 0 Å². The predicted molar refractivity (Wildman–Crippen MR) is 79.7 cm³/mol. The topological polar surface area (TPSA) is 0 Å². The molecule has 92 valence electrons. The van der Waals surface area contributed by atoms with Crippen molar-refractivity contribution in [3.63, 3.8) is 0 Å². The lowest BCUT2D eigenvalue weighted by Gasteiger charge is -1.94. The molecular weight excluding hydrogens is 192 g/mol. The highest BCUT2D eigenvalue weighted by atomic mass is 13.9. The first-order chi connectivity index (χ1) is 7.72. The van der Waals surface area contributed by atoms with Crippen LogP contribution in [0.25, 0.3) is 5.57 Å². The molecule has 0 fully saturated rings. The molecule has 0 spiro atoms. The molecule has 1 rings (SSSR count). The molecule has 0 amide bonds. The van der Waals surface area contributed by atoms with E-state index >= 15 is 0 Å². The summed E-state index contributed by atoms with van der Waals surface area (Å²) in [4.78, 5) is 0. The van der Waals surface area contributed by atoms with E-state index in [0.717, 1.165) is 5.57 Å². The molecule has 1 aromatic rings. The van der Waals surface area contributed by atoms with E-state index < -0.39 is 0 Å². The van der Waals surface area contributed by atoms with E-state index in [9.17, 15) is 0 Å². The van der Waals surface area contributed by atoms with Crippen molar-refractivity contribution in [3.05, 3.63) is 55.1 Å². The van der Waals surface area contributed by atoms with Crippen molar-refractivity contribution in [2.75, 3.05) is 0 Å². The highest BCUT2D eigenvalue weighted by Gasteiger charge is 1.86. The summed E-state index contributed by atoms with van der Waals surface area (Å²) < 4.78 is 0. The molecule has 0 aliphatic rings. The Hall–Kier alpha value is -1.30. The molecule has 16 heavy (non-hydrogen) atoms. The standard InChI is InChI=1S/C9H10.C3H6.2C2H6/c1-8(2)9-6-4-3-5-7-9;1-3-2;2*1-2/h3-7H,1H2,2H3;3H,1H2,2H3;2*1-2H3. The summed E-state index contributed by atoms with van der Waals surface area (Å²) in [6.45, 7) is 19.1. The van der Waals surface area contributed by atoms with Gasteiger partial charge in [0.2, 0.25) is 0 Å². The van der Waals surface area contributed by atoms with Gasteiger partial charge in [-0.25, -0.2) is 0 Å². The van der Waals surface area contributed by atoms with Crippen LogP contribution in [0.5, 0.6) is 0 Å². The number of allylic oxidation sites excluding steroid dienone is 2. The maximum atomic E-state index is 3.83. The third-order valence-corrected chi connectivity index (χ3v) is 1.27. The van der Waals surface area contributed by atoms with Gasteiger partial charge in [-0.15, -0.1) is 6.58 Å². The fourth-order valence-corrected chi connectivity index (χ4v) is 0.723. The molecule has 0 heteroatoms. The zero-order valence-corrected chi connectivity index (χ0v) is 11.9. The van der Waals surface area contributed by atoms with Crippen LogP contribution in [0.1, 0.15) is 47.1 Å². The van der Waals surface area contributed by atoms with Gasteiger partial charge in [-0.1, -0.05) is 76.3 Å². The minimum atomic E-state index is 1.12. The molecule has 0 aliphatic heterocycles. The van der Waals surface area contributed by atoms with E-state index in [0.29, 0.717) is 0 Å². The molecule has 0 bridgehead atoms. The van der Waals surface area contributed by atoms with Gasteiger partial charge in [-0.2, -0.15) is 0 Å². The van der Waals surface area contributed by atoms with Gasteiger partial charge in [-0.3, -0.25) is 0 Å². The van der Waals surface area contributed by atoms with Gasteiger partial charge in [0.1, 0.15) is 0 Å². The lowest BCUT2D eigenvalue weighted by molar-refractivity contribution is 1.50. The van der Waals surface area contributed by atoms with E-state index in [1.807, 2.05) is 59.7 Å². The van der Waals surface area contributed by atoms with Crippen molar-refractivity contribution in [1.82, 2.24) is 0 Å². The second-order valence-electron chi connectivity index (χ2n) is 2.55. The van der Waals surface area contributed by atoms with E-state index in [-0.39, 0.29) is 0 Å². The summed E-state index contributed by atoms with van der Waals surface area (Å²) in [6.07, 6.45) is 1.75. The van der Waals surface area contributed by atoms with E-state index in [1.165, 1.54) is 5.56 Å². The zero-order chi connectivity index (χ0) is 13.4. The second kappa shape index (κ2) is 19.3. The van der Waals surface area contributed by atoms with Crippen molar-refractivity contribution >= 4 is 5.57 Å². The molecule has 0 atom stereocenters. The van der Waals surface area contributed by atoms with Crippen LogP contribution >= 0.6 is 0 Å². The van der Waals surface area contributed by atoms with Gasteiger partial charge >= 0.3 is 0 Å². The summed E-state index contributed by atoms with van der Waals surface area (Å²) in [7, 11) is 0. The molecule has 0 aliphatic carbocycles. The molecule has 0 saturated carbocycles. The van der Waals surface area contributed by atoms with Crippen molar-refractivity contribution in [2.24, 2.45) is 0 Å². The summed E-state index contributed by atoms with van der Waals surface area (Å²) >= 11 is 0. The predicted octanol–water partition coefficient (Wildman–Crippen LogP) is 5.96. The van der Waals surface area contributed by atoms with Crippen LogP contribution in [-0.2, 0) is 0 Å². The monoisotopic (exact) mass is 220 g/mol. The van der Waals surface area contributed by atoms with Gasteiger partial charge in [0, 0.05) is 0 Å². The Morgan fingerprint density at radius 2 is 1.31 bits per heavy atom. The summed E-state index contributed by atoms with van der Waals surface area (Å²) in [5.74, 6) is 0. The quantitative estimate of drug-likeness (QED) is 0.512. The third kappa shape index (κ3) is 15.2.